The number of phenolic OH excluding ortho intramolecular Hbond substituents is 1. The largest absolute Gasteiger partial charge is 0.508 e. The van der Waals surface area contributed by atoms with Gasteiger partial charge >= 0.3 is 0 Å². The summed E-state index contributed by atoms with van der Waals surface area (Å²) in [6.07, 6.45) is 0.907. The first-order valence-electron chi connectivity index (χ1n) is 7.47. The Kier molecular flexibility index (Phi) is 5.25. The van der Waals surface area contributed by atoms with Crippen LogP contribution >= 0.6 is 0 Å². The van der Waals surface area contributed by atoms with E-state index < -0.39 is 6.10 Å². The molecule has 1 fully saturated rings. The molecule has 6 nitrogen and oxygen atoms in total. The van der Waals surface area contributed by atoms with Crippen molar-refractivity contribution in [2.24, 2.45) is 0 Å². The zero-order valence-corrected chi connectivity index (χ0v) is 12.9. The smallest absolute Gasteiger partial charge is 0.260 e. The zero-order chi connectivity index (χ0) is 16.1. The molecular formula is C16H22N2O4. The number of benzene rings is 1. The summed E-state index contributed by atoms with van der Waals surface area (Å²) >= 11 is 0. The summed E-state index contributed by atoms with van der Waals surface area (Å²) in [5.41, 5.74) is 0. The van der Waals surface area contributed by atoms with Crippen LogP contribution in [0.5, 0.6) is 11.5 Å². The first kappa shape index (κ1) is 16.1. The molecule has 1 aliphatic rings. The van der Waals surface area contributed by atoms with Crippen LogP contribution in [0.4, 0.5) is 0 Å². The molecule has 1 aromatic carbocycles. The van der Waals surface area contributed by atoms with E-state index in [2.05, 4.69) is 5.32 Å². The molecule has 0 radical (unpaired) electrons. The van der Waals surface area contributed by atoms with E-state index in [9.17, 15) is 14.7 Å². The van der Waals surface area contributed by atoms with Crippen LogP contribution in [0.25, 0.3) is 0 Å². The van der Waals surface area contributed by atoms with E-state index in [1.54, 1.807) is 30.9 Å². The number of nitrogens with one attached hydrogen (secondary N) is 1. The van der Waals surface area contributed by atoms with E-state index in [-0.39, 0.29) is 23.6 Å². The average Bonchev–Trinajstić information content (AvgIpc) is 2.50. The predicted octanol–water partition coefficient (Wildman–Crippen LogP) is 1.29. The Balaban J connectivity index is 1.79. The molecule has 1 atom stereocenters. The zero-order valence-electron chi connectivity index (χ0n) is 12.9. The molecule has 120 valence electrons. The van der Waals surface area contributed by atoms with Gasteiger partial charge in [-0.05, 0) is 44.0 Å². The highest BCUT2D eigenvalue weighted by Crippen LogP contribution is 2.17. The number of aromatic hydroxyl groups is 1. The number of rotatable bonds is 4. The van der Waals surface area contributed by atoms with Crippen molar-refractivity contribution in [1.82, 2.24) is 10.2 Å². The average molecular weight is 306 g/mol. The summed E-state index contributed by atoms with van der Waals surface area (Å²) in [4.78, 5) is 25.2. The Morgan fingerprint density at radius 2 is 1.86 bits per heavy atom. The number of phenols is 1. The van der Waals surface area contributed by atoms with Crippen molar-refractivity contribution in [2.75, 3.05) is 13.1 Å². The van der Waals surface area contributed by atoms with Crippen LogP contribution in [0.1, 0.15) is 26.7 Å². The van der Waals surface area contributed by atoms with Crippen molar-refractivity contribution < 1.29 is 19.4 Å². The molecule has 1 unspecified atom stereocenters. The molecule has 2 rings (SSSR count). The Morgan fingerprint density at radius 1 is 1.27 bits per heavy atom. The lowest BCUT2D eigenvalue weighted by Crippen LogP contribution is -2.48. The molecule has 1 aromatic rings. The van der Waals surface area contributed by atoms with Gasteiger partial charge < -0.3 is 20.1 Å². The van der Waals surface area contributed by atoms with Gasteiger partial charge in [0.25, 0.3) is 5.91 Å². The Hall–Kier alpha value is -2.24. The van der Waals surface area contributed by atoms with Crippen molar-refractivity contribution in [1.29, 1.82) is 0 Å². The van der Waals surface area contributed by atoms with Crippen LogP contribution < -0.4 is 10.1 Å². The van der Waals surface area contributed by atoms with Crippen molar-refractivity contribution in [2.45, 2.75) is 38.8 Å². The van der Waals surface area contributed by atoms with Gasteiger partial charge in [0.2, 0.25) is 5.91 Å². The van der Waals surface area contributed by atoms with Crippen molar-refractivity contribution >= 4 is 11.8 Å². The van der Waals surface area contributed by atoms with Crippen LogP contribution in [0.3, 0.4) is 0 Å². The Bertz CT molecular complexity index is 521. The van der Waals surface area contributed by atoms with Crippen molar-refractivity contribution in [3.63, 3.8) is 0 Å². The molecule has 6 heteroatoms. The van der Waals surface area contributed by atoms with Crippen LogP contribution in [0.15, 0.2) is 24.3 Å². The summed E-state index contributed by atoms with van der Waals surface area (Å²) in [5.74, 6) is 0.594. The summed E-state index contributed by atoms with van der Waals surface area (Å²) in [6.45, 7) is 4.60. The summed E-state index contributed by atoms with van der Waals surface area (Å²) in [5, 5.41) is 12.2. The number of hydrogen-bond donors (Lipinski definition) is 2. The lowest BCUT2D eigenvalue weighted by molar-refractivity contribution is -0.130. The maximum atomic E-state index is 12.1. The third-order valence-corrected chi connectivity index (χ3v) is 3.81. The molecule has 0 spiro atoms. The number of likely N-dealkylation sites (tertiary alicyclic amines) is 1. The standard InChI is InChI=1S/C16H22N2O4/c1-11(22-15-5-3-14(20)4-6-15)16(21)17-13-7-9-18(10-8-13)12(2)19/h3-6,11,13,20H,7-10H2,1-2H3,(H,17,21). The van der Waals surface area contributed by atoms with E-state index in [0.29, 0.717) is 18.8 Å². The predicted molar refractivity (Wildman–Crippen MR) is 81.6 cm³/mol. The highest BCUT2D eigenvalue weighted by atomic mass is 16.5. The molecule has 0 bridgehead atoms. The van der Waals surface area contributed by atoms with Crippen LogP contribution in [-0.4, -0.2) is 47.1 Å². The molecule has 22 heavy (non-hydrogen) atoms. The molecule has 2 N–H and O–H groups in total. The number of piperidine rings is 1. The van der Waals surface area contributed by atoms with Gasteiger partial charge in [0, 0.05) is 26.1 Å². The number of ether oxygens (including phenoxy) is 1. The maximum Gasteiger partial charge on any atom is 0.260 e. The molecule has 0 saturated carbocycles. The second-order valence-corrected chi connectivity index (χ2v) is 5.54. The second-order valence-electron chi connectivity index (χ2n) is 5.54. The van der Waals surface area contributed by atoms with Gasteiger partial charge in [-0.3, -0.25) is 9.59 Å². The van der Waals surface area contributed by atoms with Crippen LogP contribution in [0, 0.1) is 0 Å². The number of carbonyl (C=O) groups is 2. The van der Waals surface area contributed by atoms with E-state index in [1.807, 2.05) is 0 Å². The van der Waals surface area contributed by atoms with E-state index >= 15 is 0 Å². The number of amides is 2. The molecule has 1 heterocycles. The Labute approximate surface area is 130 Å². The molecule has 2 amide bonds. The lowest BCUT2D eigenvalue weighted by atomic mass is 10.0. The van der Waals surface area contributed by atoms with Crippen molar-refractivity contribution in [3.05, 3.63) is 24.3 Å². The first-order valence-corrected chi connectivity index (χ1v) is 7.47. The SMILES string of the molecule is CC(=O)N1CCC(NC(=O)C(C)Oc2ccc(O)cc2)CC1. The molecule has 0 aromatic heterocycles. The number of carbonyl (C=O) groups excluding carboxylic acids is 2. The third kappa shape index (κ3) is 4.38. The van der Waals surface area contributed by atoms with Gasteiger partial charge in [0.1, 0.15) is 11.5 Å². The number of hydrogen-bond acceptors (Lipinski definition) is 4. The van der Waals surface area contributed by atoms with Gasteiger partial charge in [-0.2, -0.15) is 0 Å². The summed E-state index contributed by atoms with van der Waals surface area (Å²) < 4.78 is 5.54. The maximum absolute atomic E-state index is 12.1. The molecule has 1 saturated heterocycles. The summed E-state index contributed by atoms with van der Waals surface area (Å²) in [6, 6.07) is 6.33. The minimum atomic E-state index is -0.615. The first-order chi connectivity index (χ1) is 10.5. The van der Waals surface area contributed by atoms with Gasteiger partial charge in [0.05, 0.1) is 0 Å². The Morgan fingerprint density at radius 3 is 2.41 bits per heavy atom. The lowest BCUT2D eigenvalue weighted by Gasteiger charge is -2.32. The summed E-state index contributed by atoms with van der Waals surface area (Å²) in [7, 11) is 0. The van der Waals surface area contributed by atoms with Gasteiger partial charge in [-0.1, -0.05) is 0 Å². The monoisotopic (exact) mass is 306 g/mol. The topological polar surface area (TPSA) is 78.9 Å². The second kappa shape index (κ2) is 7.15. The highest BCUT2D eigenvalue weighted by Gasteiger charge is 2.24. The molecule has 1 aliphatic heterocycles. The molecule has 0 aliphatic carbocycles. The highest BCUT2D eigenvalue weighted by molar-refractivity contribution is 5.81. The van der Waals surface area contributed by atoms with Gasteiger partial charge in [0.15, 0.2) is 6.10 Å². The molecular weight excluding hydrogens is 284 g/mol. The minimum Gasteiger partial charge on any atom is -0.508 e. The quantitative estimate of drug-likeness (QED) is 0.878. The van der Waals surface area contributed by atoms with Gasteiger partial charge in [-0.15, -0.1) is 0 Å². The van der Waals surface area contributed by atoms with Crippen molar-refractivity contribution in [3.8, 4) is 11.5 Å². The fraction of sp³-hybridized carbons (Fsp3) is 0.500. The van der Waals surface area contributed by atoms with E-state index in [4.69, 9.17) is 4.74 Å². The van der Waals surface area contributed by atoms with E-state index in [1.165, 1.54) is 12.1 Å². The fourth-order valence-corrected chi connectivity index (χ4v) is 2.44. The third-order valence-electron chi connectivity index (χ3n) is 3.81. The van der Waals surface area contributed by atoms with Crippen LogP contribution in [0.2, 0.25) is 0 Å². The normalized spacial score (nSPS) is 16.9. The van der Waals surface area contributed by atoms with E-state index in [0.717, 1.165) is 12.8 Å². The minimum absolute atomic E-state index is 0.0776. The fourth-order valence-electron chi connectivity index (χ4n) is 2.44. The van der Waals surface area contributed by atoms with Crippen LogP contribution in [-0.2, 0) is 9.59 Å². The van der Waals surface area contributed by atoms with Gasteiger partial charge in [-0.25, -0.2) is 0 Å². The number of nitrogens with zero attached hydrogens (tertiary/aromatic N) is 1.